The minimum atomic E-state index is 0.383. The molecule has 1 aliphatic heterocycles. The average Bonchev–Trinajstić information content (AvgIpc) is 2.61. The molecule has 1 aliphatic carbocycles. The Morgan fingerprint density at radius 3 is 2.64 bits per heavy atom. The summed E-state index contributed by atoms with van der Waals surface area (Å²) in [5, 5.41) is 0. The quantitative estimate of drug-likeness (QED) is 0.626. The number of benzene rings is 1. The number of hydrogen-bond acceptors (Lipinski definition) is 2. The van der Waals surface area contributed by atoms with Gasteiger partial charge in [0.2, 0.25) is 6.79 Å². The Morgan fingerprint density at radius 1 is 1.14 bits per heavy atom. The van der Waals surface area contributed by atoms with Gasteiger partial charge in [-0.2, -0.15) is 0 Å². The van der Waals surface area contributed by atoms with E-state index in [2.05, 4.69) is 19.1 Å². The lowest BCUT2D eigenvalue weighted by Gasteiger charge is -2.21. The van der Waals surface area contributed by atoms with E-state index in [1.807, 2.05) is 0 Å². The van der Waals surface area contributed by atoms with E-state index in [9.17, 15) is 0 Å². The Labute approximate surface area is 83.8 Å². The second kappa shape index (κ2) is 2.91. The summed E-state index contributed by atoms with van der Waals surface area (Å²) in [6.07, 6.45) is 3.67. The molecule has 0 bridgehead atoms. The van der Waals surface area contributed by atoms with Crippen molar-refractivity contribution in [2.24, 2.45) is 5.92 Å². The molecule has 1 unspecified atom stereocenters. The van der Waals surface area contributed by atoms with Crippen LogP contribution in [0, 0.1) is 5.92 Å². The van der Waals surface area contributed by atoms with Crippen molar-refractivity contribution in [3.8, 4) is 11.5 Å². The van der Waals surface area contributed by atoms with Crippen LogP contribution >= 0.6 is 0 Å². The minimum Gasteiger partial charge on any atom is -0.454 e. The van der Waals surface area contributed by atoms with Crippen molar-refractivity contribution >= 4 is 0 Å². The largest absolute Gasteiger partial charge is 0.454 e. The summed E-state index contributed by atoms with van der Waals surface area (Å²) in [5.41, 5.74) is 2.90. The van der Waals surface area contributed by atoms with Crippen molar-refractivity contribution in [1.29, 1.82) is 0 Å². The third-order valence-electron chi connectivity index (χ3n) is 3.17. The molecule has 2 nitrogen and oxygen atoms in total. The van der Waals surface area contributed by atoms with E-state index < -0.39 is 0 Å². The maximum Gasteiger partial charge on any atom is 0.231 e. The molecule has 74 valence electrons. The fourth-order valence-electron chi connectivity index (χ4n) is 2.33. The molecule has 0 saturated heterocycles. The predicted molar refractivity (Wildman–Crippen MR) is 53.8 cm³/mol. The van der Waals surface area contributed by atoms with Crippen molar-refractivity contribution in [3.63, 3.8) is 0 Å². The highest BCUT2D eigenvalue weighted by Gasteiger charge is 2.21. The molecule has 14 heavy (non-hydrogen) atoms. The van der Waals surface area contributed by atoms with Crippen LogP contribution in [0.1, 0.15) is 24.5 Å². The zero-order valence-corrected chi connectivity index (χ0v) is 8.38. The number of aryl methyl sites for hydroxylation is 1. The topological polar surface area (TPSA) is 18.5 Å². The van der Waals surface area contributed by atoms with Gasteiger partial charge in [-0.3, -0.25) is 0 Å². The van der Waals surface area contributed by atoms with Gasteiger partial charge in [0.15, 0.2) is 11.5 Å². The number of hydrogen-bond donors (Lipinski definition) is 0. The van der Waals surface area contributed by atoms with Crippen LogP contribution in [0.5, 0.6) is 11.5 Å². The molecule has 1 aromatic rings. The van der Waals surface area contributed by atoms with E-state index in [4.69, 9.17) is 9.47 Å². The molecule has 1 heterocycles. The van der Waals surface area contributed by atoms with E-state index in [-0.39, 0.29) is 0 Å². The van der Waals surface area contributed by atoms with Gasteiger partial charge in [0.1, 0.15) is 0 Å². The number of fused-ring (bicyclic) bond motifs is 2. The molecule has 0 saturated carbocycles. The first-order valence-corrected chi connectivity index (χ1v) is 5.24. The maximum absolute atomic E-state index is 5.38. The Morgan fingerprint density at radius 2 is 1.86 bits per heavy atom. The summed E-state index contributed by atoms with van der Waals surface area (Å²) in [5.74, 6) is 2.67. The highest BCUT2D eigenvalue weighted by molar-refractivity contribution is 5.49. The first-order chi connectivity index (χ1) is 6.83. The van der Waals surface area contributed by atoms with Crippen molar-refractivity contribution in [2.45, 2.75) is 26.2 Å². The lowest BCUT2D eigenvalue weighted by Crippen LogP contribution is -2.10. The van der Waals surface area contributed by atoms with Gasteiger partial charge in [-0.05, 0) is 48.4 Å². The van der Waals surface area contributed by atoms with Crippen LogP contribution in [0.3, 0.4) is 0 Å². The van der Waals surface area contributed by atoms with Crippen LogP contribution in [-0.2, 0) is 12.8 Å². The molecule has 0 fully saturated rings. The standard InChI is InChI=1S/C12H14O2/c1-8-2-3-9-5-11-12(14-7-13-11)6-10(9)4-8/h5-6,8H,2-4,7H2,1H3. The van der Waals surface area contributed by atoms with Gasteiger partial charge in [0.05, 0.1) is 0 Å². The average molecular weight is 190 g/mol. The molecule has 2 aliphatic rings. The molecule has 3 rings (SSSR count). The summed E-state index contributed by atoms with van der Waals surface area (Å²) in [4.78, 5) is 0. The molecule has 2 heteroatoms. The van der Waals surface area contributed by atoms with Gasteiger partial charge < -0.3 is 9.47 Å². The Hall–Kier alpha value is -1.18. The van der Waals surface area contributed by atoms with Gasteiger partial charge in [-0.15, -0.1) is 0 Å². The molecular weight excluding hydrogens is 176 g/mol. The summed E-state index contributed by atoms with van der Waals surface area (Å²) in [7, 11) is 0. The second-order valence-electron chi connectivity index (χ2n) is 4.32. The zero-order chi connectivity index (χ0) is 9.54. The zero-order valence-electron chi connectivity index (χ0n) is 8.38. The van der Waals surface area contributed by atoms with E-state index in [1.165, 1.54) is 30.4 Å². The smallest absolute Gasteiger partial charge is 0.231 e. The van der Waals surface area contributed by atoms with Gasteiger partial charge in [-0.25, -0.2) is 0 Å². The Balaban J connectivity index is 2.06. The second-order valence-corrected chi connectivity index (χ2v) is 4.32. The van der Waals surface area contributed by atoms with Crippen LogP contribution in [0.2, 0.25) is 0 Å². The van der Waals surface area contributed by atoms with Crippen molar-refractivity contribution < 1.29 is 9.47 Å². The summed E-state index contributed by atoms with van der Waals surface area (Å²) in [6.45, 7) is 2.70. The first-order valence-electron chi connectivity index (χ1n) is 5.24. The van der Waals surface area contributed by atoms with E-state index >= 15 is 0 Å². The monoisotopic (exact) mass is 190 g/mol. The van der Waals surface area contributed by atoms with Crippen LogP contribution in [0.15, 0.2) is 12.1 Å². The summed E-state index contributed by atoms with van der Waals surface area (Å²) >= 11 is 0. The van der Waals surface area contributed by atoms with Crippen molar-refractivity contribution in [2.75, 3.05) is 6.79 Å². The summed E-state index contributed by atoms with van der Waals surface area (Å²) < 4.78 is 10.7. The molecule has 1 aromatic carbocycles. The van der Waals surface area contributed by atoms with Crippen LogP contribution in [0.4, 0.5) is 0 Å². The van der Waals surface area contributed by atoms with Crippen LogP contribution < -0.4 is 9.47 Å². The molecule has 0 N–H and O–H groups in total. The molecule has 0 amide bonds. The van der Waals surface area contributed by atoms with E-state index in [0.717, 1.165) is 17.4 Å². The molecule has 0 spiro atoms. The van der Waals surface area contributed by atoms with E-state index in [0.29, 0.717) is 6.79 Å². The highest BCUT2D eigenvalue weighted by Crippen LogP contribution is 2.38. The molecule has 0 radical (unpaired) electrons. The Kier molecular flexibility index (Phi) is 1.69. The lowest BCUT2D eigenvalue weighted by molar-refractivity contribution is 0.174. The third kappa shape index (κ3) is 1.17. The fourth-order valence-corrected chi connectivity index (χ4v) is 2.33. The van der Waals surface area contributed by atoms with Crippen LogP contribution in [-0.4, -0.2) is 6.79 Å². The van der Waals surface area contributed by atoms with Crippen LogP contribution in [0.25, 0.3) is 0 Å². The van der Waals surface area contributed by atoms with Gasteiger partial charge in [0, 0.05) is 0 Å². The predicted octanol–water partition coefficient (Wildman–Crippen LogP) is 2.54. The normalized spacial score (nSPS) is 23.4. The fraction of sp³-hybridized carbons (Fsp3) is 0.500. The highest BCUT2D eigenvalue weighted by atomic mass is 16.7. The van der Waals surface area contributed by atoms with Gasteiger partial charge >= 0.3 is 0 Å². The Bertz CT molecular complexity index is 371. The first kappa shape index (κ1) is 8.16. The molecular formula is C12H14O2. The minimum absolute atomic E-state index is 0.383. The van der Waals surface area contributed by atoms with E-state index in [1.54, 1.807) is 0 Å². The molecule has 0 aromatic heterocycles. The molecule has 1 atom stereocenters. The van der Waals surface area contributed by atoms with Gasteiger partial charge in [-0.1, -0.05) is 6.92 Å². The van der Waals surface area contributed by atoms with Gasteiger partial charge in [0.25, 0.3) is 0 Å². The third-order valence-corrected chi connectivity index (χ3v) is 3.17. The number of ether oxygens (including phenoxy) is 2. The van der Waals surface area contributed by atoms with Crippen molar-refractivity contribution in [1.82, 2.24) is 0 Å². The summed E-state index contributed by atoms with van der Waals surface area (Å²) in [6, 6.07) is 4.32. The maximum atomic E-state index is 5.38. The number of rotatable bonds is 0. The lowest BCUT2D eigenvalue weighted by atomic mass is 9.85. The van der Waals surface area contributed by atoms with Crippen molar-refractivity contribution in [3.05, 3.63) is 23.3 Å². The SMILES string of the molecule is CC1CCc2cc3c(cc2C1)OCO3.